The molecule has 2 aromatic carbocycles. The summed E-state index contributed by atoms with van der Waals surface area (Å²) in [6, 6.07) is 10.7. The van der Waals surface area contributed by atoms with E-state index in [1.165, 1.54) is 0 Å². The Morgan fingerprint density at radius 2 is 1.95 bits per heavy atom. The summed E-state index contributed by atoms with van der Waals surface area (Å²) in [5.41, 5.74) is 2.57. The Balaban J connectivity index is 1.77. The fourth-order valence-corrected chi connectivity index (χ4v) is 5.66. The van der Waals surface area contributed by atoms with Gasteiger partial charge in [0, 0.05) is 5.70 Å². The molecule has 214 valence electrons. The molecule has 0 bridgehead atoms. The molecule has 0 saturated heterocycles. The van der Waals surface area contributed by atoms with Crippen molar-refractivity contribution in [3.63, 3.8) is 0 Å². The van der Waals surface area contributed by atoms with Crippen LogP contribution >= 0.6 is 27.7 Å². The Kier molecular flexibility index (Phi) is 10.4. The number of unbranched alkanes of at least 4 members (excludes halogenated alkanes) is 2. The minimum atomic E-state index is -0.575. The van der Waals surface area contributed by atoms with E-state index in [1.807, 2.05) is 50.2 Å². The van der Waals surface area contributed by atoms with Gasteiger partial charge in [-0.05, 0) is 71.8 Å². The van der Waals surface area contributed by atoms with Gasteiger partial charge in [-0.3, -0.25) is 4.79 Å². The van der Waals surface area contributed by atoms with E-state index in [-0.39, 0.29) is 5.91 Å². The van der Waals surface area contributed by atoms with Crippen LogP contribution in [0.1, 0.15) is 58.6 Å². The zero-order valence-electron chi connectivity index (χ0n) is 23.5. The van der Waals surface area contributed by atoms with E-state index in [2.05, 4.69) is 45.4 Å². The van der Waals surface area contributed by atoms with Crippen LogP contribution in [0.25, 0.3) is 0 Å². The van der Waals surface area contributed by atoms with Crippen molar-refractivity contribution in [2.45, 2.75) is 58.2 Å². The summed E-state index contributed by atoms with van der Waals surface area (Å²) in [6.07, 6.45) is 3.16. The van der Waals surface area contributed by atoms with E-state index in [0.717, 1.165) is 35.1 Å². The Labute approximate surface area is 248 Å². The van der Waals surface area contributed by atoms with E-state index in [1.54, 1.807) is 23.6 Å². The Hall–Kier alpha value is -3.18. The Bertz CT molecular complexity index is 1380. The van der Waals surface area contributed by atoms with Crippen LogP contribution in [-0.4, -0.2) is 46.7 Å². The van der Waals surface area contributed by atoms with E-state index in [0.29, 0.717) is 58.5 Å². The molecular weight excluding hydrogens is 594 g/mol. The first-order valence-electron chi connectivity index (χ1n) is 13.5. The highest BCUT2D eigenvalue weighted by Gasteiger charge is 2.35. The molecule has 1 atom stereocenters. The molecule has 1 unspecified atom stereocenters. The lowest BCUT2D eigenvalue weighted by molar-refractivity contribution is -0.113. The van der Waals surface area contributed by atoms with Crippen molar-refractivity contribution in [2.75, 3.05) is 36.7 Å². The molecule has 0 spiro atoms. The average Bonchev–Trinajstić information content (AvgIpc) is 3.33. The smallest absolute Gasteiger partial charge is 0.255 e. The standard InChI is InChI=1S/C29H36BrN5O4S/c1-6-9-12-15-39-26-20(30)16-19(17-23(26)37-5)25-24(18(4)31-28-33-29(40-8-3)34-35(25)28)27(36)32-21-13-10-11-14-22(21)38-7-2/h10-11,13-14,16-17,25H,6-9,12,15H2,1-5H3,(H,32,36)(H,31,33,34). The number of para-hydroxylation sites is 2. The Morgan fingerprint density at radius 3 is 2.67 bits per heavy atom. The highest BCUT2D eigenvalue weighted by molar-refractivity contribution is 9.10. The van der Waals surface area contributed by atoms with Crippen LogP contribution in [0, 0.1) is 0 Å². The third-order valence-electron chi connectivity index (χ3n) is 6.35. The van der Waals surface area contributed by atoms with Crippen molar-refractivity contribution >= 4 is 45.2 Å². The van der Waals surface area contributed by atoms with Crippen LogP contribution < -0.4 is 24.8 Å². The van der Waals surface area contributed by atoms with Gasteiger partial charge in [0.25, 0.3) is 5.91 Å². The van der Waals surface area contributed by atoms with Crippen LogP contribution in [0.4, 0.5) is 11.6 Å². The predicted molar refractivity (Wildman–Crippen MR) is 163 cm³/mol. The molecule has 1 aliphatic heterocycles. The second kappa shape index (κ2) is 13.9. The first kappa shape index (κ1) is 29.8. The zero-order chi connectivity index (χ0) is 28.6. The Morgan fingerprint density at radius 1 is 1.15 bits per heavy atom. The third kappa shape index (κ3) is 6.58. The monoisotopic (exact) mass is 629 g/mol. The van der Waals surface area contributed by atoms with E-state index >= 15 is 0 Å². The molecule has 1 amide bonds. The minimum Gasteiger partial charge on any atom is -0.493 e. The lowest BCUT2D eigenvalue weighted by Gasteiger charge is -2.29. The van der Waals surface area contributed by atoms with Crippen molar-refractivity contribution in [2.24, 2.45) is 0 Å². The molecule has 11 heteroatoms. The van der Waals surface area contributed by atoms with E-state index in [9.17, 15) is 4.79 Å². The number of amides is 1. The molecule has 40 heavy (non-hydrogen) atoms. The van der Waals surface area contributed by atoms with Crippen LogP contribution in [0.15, 0.2) is 57.3 Å². The number of carbonyl (C=O) groups is 1. The van der Waals surface area contributed by atoms with Gasteiger partial charge in [-0.15, -0.1) is 5.10 Å². The van der Waals surface area contributed by atoms with Crippen molar-refractivity contribution in [1.29, 1.82) is 0 Å². The number of thioether (sulfide) groups is 1. The highest BCUT2D eigenvalue weighted by atomic mass is 79.9. The van der Waals surface area contributed by atoms with Gasteiger partial charge in [0.15, 0.2) is 11.5 Å². The van der Waals surface area contributed by atoms with Gasteiger partial charge in [-0.1, -0.05) is 50.6 Å². The minimum absolute atomic E-state index is 0.275. The maximum absolute atomic E-state index is 14.0. The predicted octanol–water partition coefficient (Wildman–Crippen LogP) is 7.06. The number of benzene rings is 2. The topological polar surface area (TPSA) is 99.5 Å². The number of hydrogen-bond donors (Lipinski definition) is 2. The van der Waals surface area contributed by atoms with Gasteiger partial charge in [-0.2, -0.15) is 4.98 Å². The number of nitrogens with zero attached hydrogens (tertiary/aromatic N) is 3. The number of fused-ring (bicyclic) bond motifs is 1. The van der Waals surface area contributed by atoms with Gasteiger partial charge in [0.2, 0.25) is 11.1 Å². The molecule has 9 nitrogen and oxygen atoms in total. The molecular formula is C29H36BrN5O4S. The number of allylic oxidation sites excluding steroid dienone is 1. The van der Waals surface area contributed by atoms with Gasteiger partial charge in [0.1, 0.15) is 11.8 Å². The molecule has 4 rings (SSSR count). The average molecular weight is 631 g/mol. The molecule has 0 radical (unpaired) electrons. The molecule has 0 fully saturated rings. The summed E-state index contributed by atoms with van der Waals surface area (Å²) in [6.45, 7) is 9.07. The van der Waals surface area contributed by atoms with E-state index in [4.69, 9.17) is 19.3 Å². The van der Waals surface area contributed by atoms with Gasteiger partial charge in [0.05, 0.1) is 36.1 Å². The largest absolute Gasteiger partial charge is 0.493 e. The fourth-order valence-electron chi connectivity index (χ4n) is 4.53. The number of anilines is 2. The lowest BCUT2D eigenvalue weighted by Crippen LogP contribution is -2.31. The maximum Gasteiger partial charge on any atom is 0.255 e. The van der Waals surface area contributed by atoms with Crippen molar-refractivity contribution < 1.29 is 19.0 Å². The summed E-state index contributed by atoms with van der Waals surface area (Å²) in [5, 5.41) is 11.8. The number of nitrogens with one attached hydrogen (secondary N) is 2. The molecule has 1 aliphatic rings. The number of halogens is 1. The summed E-state index contributed by atoms with van der Waals surface area (Å²) >= 11 is 5.23. The molecule has 2 N–H and O–H groups in total. The van der Waals surface area contributed by atoms with Crippen molar-refractivity contribution in [3.8, 4) is 17.2 Å². The van der Waals surface area contributed by atoms with Gasteiger partial charge in [-0.25, -0.2) is 4.68 Å². The lowest BCUT2D eigenvalue weighted by atomic mass is 9.94. The fraction of sp³-hybridized carbons (Fsp3) is 0.414. The van der Waals surface area contributed by atoms with Gasteiger partial charge >= 0.3 is 0 Å². The summed E-state index contributed by atoms with van der Waals surface area (Å²) in [4.78, 5) is 18.6. The summed E-state index contributed by atoms with van der Waals surface area (Å²) in [5.74, 6) is 2.93. The zero-order valence-corrected chi connectivity index (χ0v) is 25.9. The number of ether oxygens (including phenoxy) is 3. The second-order valence-electron chi connectivity index (χ2n) is 9.13. The van der Waals surface area contributed by atoms with E-state index < -0.39 is 6.04 Å². The number of methoxy groups -OCH3 is 1. The number of hydrogen-bond acceptors (Lipinski definition) is 8. The van der Waals surface area contributed by atoms with Crippen molar-refractivity contribution in [3.05, 3.63) is 57.7 Å². The third-order valence-corrected chi connectivity index (χ3v) is 7.66. The summed E-state index contributed by atoms with van der Waals surface area (Å²) < 4.78 is 20.1. The number of rotatable bonds is 13. The normalized spacial score (nSPS) is 14.4. The van der Waals surface area contributed by atoms with Crippen LogP contribution in [0.2, 0.25) is 0 Å². The summed E-state index contributed by atoms with van der Waals surface area (Å²) in [7, 11) is 1.61. The molecule has 0 saturated carbocycles. The van der Waals surface area contributed by atoms with Gasteiger partial charge < -0.3 is 24.8 Å². The number of aromatic nitrogens is 3. The number of carbonyl (C=O) groups excluding carboxylic acids is 1. The maximum atomic E-state index is 14.0. The molecule has 1 aromatic heterocycles. The molecule has 0 aliphatic carbocycles. The second-order valence-corrected chi connectivity index (χ2v) is 11.2. The van der Waals surface area contributed by atoms with Crippen LogP contribution in [0.3, 0.4) is 0 Å². The molecule has 2 heterocycles. The SMILES string of the molecule is CCCCCOc1c(Br)cc(C2C(C(=O)Nc3ccccc3OCC)=C(C)Nc3nc(SCC)nn32)cc1OC. The van der Waals surface area contributed by atoms with Crippen LogP contribution in [-0.2, 0) is 4.79 Å². The first-order valence-corrected chi connectivity index (χ1v) is 15.3. The quantitative estimate of drug-likeness (QED) is 0.153. The van der Waals surface area contributed by atoms with Crippen LogP contribution in [0.5, 0.6) is 17.2 Å². The highest BCUT2D eigenvalue weighted by Crippen LogP contribution is 2.43. The molecule has 3 aromatic rings. The van der Waals surface area contributed by atoms with Crippen molar-refractivity contribution in [1.82, 2.24) is 14.8 Å². The first-order chi connectivity index (χ1) is 19.4.